The van der Waals surface area contributed by atoms with E-state index in [2.05, 4.69) is 23.5 Å². The van der Waals surface area contributed by atoms with Crippen LogP contribution in [-0.4, -0.2) is 76.1 Å². The zero-order valence-corrected chi connectivity index (χ0v) is 19.6. The quantitative estimate of drug-likeness (QED) is 0.573. The number of nitrogens with one attached hydrogen (secondary N) is 1. The van der Waals surface area contributed by atoms with Crippen molar-refractivity contribution in [3.63, 3.8) is 0 Å². The molecule has 0 bridgehead atoms. The Hall–Kier alpha value is -1.48. The number of rotatable bonds is 11. The van der Waals surface area contributed by atoms with Crippen LogP contribution in [-0.2, 0) is 14.8 Å². The Morgan fingerprint density at radius 2 is 1.63 bits per heavy atom. The van der Waals surface area contributed by atoms with E-state index in [1.807, 2.05) is 13.8 Å². The maximum absolute atomic E-state index is 12.9. The highest BCUT2D eigenvalue weighted by Gasteiger charge is 2.28. The molecule has 170 valence electrons. The number of sulfonamides is 1. The standard InChI is InChI=1S/C22H37N3O4S/c1-5-18(6-2)21(25-13-15-29-16-14-25)17-23-30(27,28)20-11-9-19(10-12-20)22(26)24(7-3)8-4/h9-12,18,21,23H,5-8,13-17H2,1-4H3. The molecule has 1 fully saturated rings. The molecule has 2 rings (SSSR count). The smallest absolute Gasteiger partial charge is 0.253 e. The summed E-state index contributed by atoms with van der Waals surface area (Å²) in [5.74, 6) is 0.331. The summed E-state index contributed by atoms with van der Waals surface area (Å²) < 4.78 is 34.1. The van der Waals surface area contributed by atoms with Gasteiger partial charge >= 0.3 is 0 Å². The van der Waals surface area contributed by atoms with Gasteiger partial charge < -0.3 is 9.64 Å². The van der Waals surface area contributed by atoms with E-state index in [0.29, 0.717) is 44.3 Å². The predicted octanol–water partition coefficient (Wildman–Crippen LogP) is 2.58. The first-order valence-corrected chi connectivity index (χ1v) is 12.6. The Kier molecular flexibility index (Phi) is 9.74. The average molecular weight is 440 g/mol. The van der Waals surface area contributed by atoms with Gasteiger partial charge in [0.2, 0.25) is 10.0 Å². The molecule has 1 aromatic rings. The second kappa shape index (κ2) is 11.8. The van der Waals surface area contributed by atoms with Crippen LogP contribution in [0.3, 0.4) is 0 Å². The van der Waals surface area contributed by atoms with Crippen LogP contribution >= 0.6 is 0 Å². The number of carbonyl (C=O) groups is 1. The van der Waals surface area contributed by atoms with Gasteiger partial charge in [0.15, 0.2) is 0 Å². The Bertz CT molecular complexity index is 753. The van der Waals surface area contributed by atoms with Crippen LogP contribution in [0.1, 0.15) is 50.9 Å². The van der Waals surface area contributed by atoms with Gasteiger partial charge in [0.05, 0.1) is 18.1 Å². The third kappa shape index (κ3) is 6.26. The number of hydrogen-bond donors (Lipinski definition) is 1. The normalized spacial score (nSPS) is 16.6. The fraction of sp³-hybridized carbons (Fsp3) is 0.682. The van der Waals surface area contributed by atoms with Gasteiger partial charge in [0.1, 0.15) is 0 Å². The highest BCUT2D eigenvalue weighted by molar-refractivity contribution is 7.89. The molecule has 1 saturated heterocycles. The molecule has 8 heteroatoms. The van der Waals surface area contributed by atoms with E-state index in [1.54, 1.807) is 17.0 Å². The Morgan fingerprint density at radius 3 is 2.13 bits per heavy atom. The monoisotopic (exact) mass is 439 g/mol. The van der Waals surface area contributed by atoms with Crippen molar-refractivity contribution in [2.45, 2.75) is 51.5 Å². The van der Waals surface area contributed by atoms with Crippen LogP contribution < -0.4 is 4.72 Å². The molecule has 0 aromatic heterocycles. The van der Waals surface area contributed by atoms with Crippen molar-refractivity contribution < 1.29 is 17.9 Å². The molecule has 1 N–H and O–H groups in total. The third-order valence-electron chi connectivity index (χ3n) is 6.05. The highest BCUT2D eigenvalue weighted by atomic mass is 32.2. The van der Waals surface area contributed by atoms with Crippen LogP contribution in [0.25, 0.3) is 0 Å². The van der Waals surface area contributed by atoms with Crippen molar-refractivity contribution >= 4 is 15.9 Å². The van der Waals surface area contributed by atoms with Crippen LogP contribution in [0.15, 0.2) is 29.2 Å². The van der Waals surface area contributed by atoms with E-state index in [4.69, 9.17) is 4.74 Å². The second-order valence-corrected chi connectivity index (χ2v) is 9.41. The number of hydrogen-bond acceptors (Lipinski definition) is 5. The summed E-state index contributed by atoms with van der Waals surface area (Å²) in [4.78, 5) is 16.7. The molecule has 30 heavy (non-hydrogen) atoms. The van der Waals surface area contributed by atoms with Crippen LogP contribution in [0.2, 0.25) is 0 Å². The summed E-state index contributed by atoms with van der Waals surface area (Å²) in [6.45, 7) is 12.8. The molecule has 1 unspecified atom stereocenters. The summed E-state index contributed by atoms with van der Waals surface area (Å²) in [6, 6.07) is 6.35. The van der Waals surface area contributed by atoms with Gasteiger partial charge in [-0.25, -0.2) is 13.1 Å². The lowest BCUT2D eigenvalue weighted by Gasteiger charge is -2.38. The number of morpholine rings is 1. The molecule has 1 aliphatic rings. The first-order valence-electron chi connectivity index (χ1n) is 11.1. The zero-order valence-electron chi connectivity index (χ0n) is 18.8. The van der Waals surface area contributed by atoms with Crippen molar-refractivity contribution in [2.24, 2.45) is 5.92 Å². The molecule has 1 amide bonds. The molecule has 0 spiro atoms. The number of nitrogens with zero attached hydrogens (tertiary/aromatic N) is 2. The first-order chi connectivity index (χ1) is 14.4. The third-order valence-corrected chi connectivity index (χ3v) is 7.49. The lowest BCUT2D eigenvalue weighted by Crippen LogP contribution is -2.52. The Morgan fingerprint density at radius 1 is 1.07 bits per heavy atom. The molecular weight excluding hydrogens is 402 g/mol. The first kappa shape index (κ1) is 24.8. The number of benzene rings is 1. The van der Waals surface area contributed by atoms with Gasteiger partial charge in [0, 0.05) is 44.3 Å². The maximum Gasteiger partial charge on any atom is 0.253 e. The van der Waals surface area contributed by atoms with E-state index in [0.717, 1.165) is 25.9 Å². The number of ether oxygens (including phenoxy) is 1. The van der Waals surface area contributed by atoms with Gasteiger partial charge in [-0.3, -0.25) is 9.69 Å². The topological polar surface area (TPSA) is 79.0 Å². The molecule has 1 aromatic carbocycles. The van der Waals surface area contributed by atoms with Gasteiger partial charge in [0.25, 0.3) is 5.91 Å². The minimum absolute atomic E-state index is 0.0852. The summed E-state index contributed by atoms with van der Waals surface area (Å²) >= 11 is 0. The van der Waals surface area contributed by atoms with E-state index in [1.165, 1.54) is 12.1 Å². The van der Waals surface area contributed by atoms with Crippen LogP contribution in [0.4, 0.5) is 0 Å². The van der Waals surface area contributed by atoms with Crippen molar-refractivity contribution in [3.8, 4) is 0 Å². The number of amides is 1. The molecular formula is C22H37N3O4S. The largest absolute Gasteiger partial charge is 0.379 e. The summed E-state index contributed by atoms with van der Waals surface area (Å²) in [5.41, 5.74) is 0.501. The van der Waals surface area contributed by atoms with Crippen molar-refractivity contribution in [1.82, 2.24) is 14.5 Å². The van der Waals surface area contributed by atoms with Gasteiger partial charge in [-0.05, 0) is 44.0 Å². The molecule has 0 aliphatic carbocycles. The molecule has 1 atom stereocenters. The summed E-state index contributed by atoms with van der Waals surface area (Å²) in [6.07, 6.45) is 2.00. The Balaban J connectivity index is 2.11. The summed E-state index contributed by atoms with van der Waals surface area (Å²) in [5, 5.41) is 0. The van der Waals surface area contributed by atoms with Crippen molar-refractivity contribution in [1.29, 1.82) is 0 Å². The van der Waals surface area contributed by atoms with E-state index < -0.39 is 10.0 Å². The van der Waals surface area contributed by atoms with Crippen LogP contribution in [0, 0.1) is 5.92 Å². The fourth-order valence-electron chi connectivity index (χ4n) is 4.08. The lowest BCUT2D eigenvalue weighted by atomic mass is 9.92. The highest BCUT2D eigenvalue weighted by Crippen LogP contribution is 2.20. The van der Waals surface area contributed by atoms with Gasteiger partial charge in [-0.1, -0.05) is 26.7 Å². The van der Waals surface area contributed by atoms with E-state index in [9.17, 15) is 13.2 Å². The minimum Gasteiger partial charge on any atom is -0.379 e. The SMILES string of the molecule is CCC(CC)C(CNS(=O)(=O)c1ccc(C(=O)N(CC)CC)cc1)N1CCOCC1. The zero-order chi connectivity index (χ0) is 22.1. The molecule has 1 heterocycles. The van der Waals surface area contributed by atoms with E-state index in [-0.39, 0.29) is 16.8 Å². The summed E-state index contributed by atoms with van der Waals surface area (Å²) in [7, 11) is -3.65. The van der Waals surface area contributed by atoms with Crippen LogP contribution in [0.5, 0.6) is 0 Å². The van der Waals surface area contributed by atoms with Gasteiger partial charge in [-0.15, -0.1) is 0 Å². The minimum atomic E-state index is -3.65. The predicted molar refractivity (Wildman–Crippen MR) is 119 cm³/mol. The average Bonchev–Trinajstić information content (AvgIpc) is 2.78. The second-order valence-electron chi connectivity index (χ2n) is 7.65. The van der Waals surface area contributed by atoms with Crippen molar-refractivity contribution in [2.75, 3.05) is 45.9 Å². The van der Waals surface area contributed by atoms with Gasteiger partial charge in [-0.2, -0.15) is 0 Å². The lowest BCUT2D eigenvalue weighted by molar-refractivity contribution is 0.00297. The molecule has 7 nitrogen and oxygen atoms in total. The number of carbonyl (C=O) groups excluding carboxylic acids is 1. The van der Waals surface area contributed by atoms with E-state index >= 15 is 0 Å². The van der Waals surface area contributed by atoms with Crippen molar-refractivity contribution in [3.05, 3.63) is 29.8 Å². The fourth-order valence-corrected chi connectivity index (χ4v) is 5.14. The molecule has 1 aliphatic heterocycles. The Labute approximate surface area is 181 Å². The molecule has 0 saturated carbocycles. The maximum atomic E-state index is 12.9. The molecule has 0 radical (unpaired) electrons.